The van der Waals surface area contributed by atoms with E-state index in [2.05, 4.69) is 5.32 Å². The van der Waals surface area contributed by atoms with E-state index >= 15 is 0 Å². The first-order valence-electron chi connectivity index (χ1n) is 8.64. The molecule has 1 N–H and O–H groups in total. The van der Waals surface area contributed by atoms with Gasteiger partial charge in [-0.25, -0.2) is 4.79 Å². The van der Waals surface area contributed by atoms with Crippen molar-refractivity contribution in [2.24, 2.45) is 5.92 Å². The zero-order chi connectivity index (χ0) is 17.6. The molecule has 1 aromatic rings. The number of carbonyl (C=O) groups is 2. The van der Waals surface area contributed by atoms with Crippen molar-refractivity contribution in [1.82, 2.24) is 10.2 Å². The molecule has 0 unspecified atom stereocenters. The van der Waals surface area contributed by atoms with Crippen molar-refractivity contribution >= 4 is 11.8 Å². The van der Waals surface area contributed by atoms with Crippen LogP contribution in [0, 0.1) is 5.92 Å². The Kier molecular flexibility index (Phi) is 5.75. The van der Waals surface area contributed by atoms with Gasteiger partial charge in [0.05, 0.1) is 6.61 Å². The van der Waals surface area contributed by atoms with Crippen LogP contribution < -0.4 is 14.8 Å². The van der Waals surface area contributed by atoms with Gasteiger partial charge in [0.25, 0.3) is 0 Å². The molecule has 7 nitrogen and oxygen atoms in total. The van der Waals surface area contributed by atoms with Crippen molar-refractivity contribution in [3.8, 4) is 11.5 Å². The van der Waals surface area contributed by atoms with Crippen LogP contribution in [-0.4, -0.2) is 63.3 Å². The van der Waals surface area contributed by atoms with Crippen molar-refractivity contribution in [2.75, 3.05) is 46.6 Å². The minimum atomic E-state index is -0.0951. The summed E-state index contributed by atoms with van der Waals surface area (Å²) in [6, 6.07) is 5.25. The average Bonchev–Trinajstić information content (AvgIpc) is 2.67. The van der Waals surface area contributed by atoms with Gasteiger partial charge in [0.1, 0.15) is 13.2 Å². The van der Waals surface area contributed by atoms with Gasteiger partial charge in [-0.3, -0.25) is 4.79 Å². The van der Waals surface area contributed by atoms with E-state index in [0.717, 1.165) is 0 Å². The van der Waals surface area contributed by atoms with Crippen LogP contribution in [0.3, 0.4) is 0 Å². The van der Waals surface area contributed by atoms with E-state index in [4.69, 9.17) is 14.2 Å². The lowest BCUT2D eigenvalue weighted by atomic mass is 9.89. The van der Waals surface area contributed by atoms with Crippen LogP contribution in [0.4, 0.5) is 4.79 Å². The summed E-state index contributed by atoms with van der Waals surface area (Å²) in [6.07, 6.45) is 1.34. The summed E-state index contributed by atoms with van der Waals surface area (Å²) in [6.45, 7) is 3.18. The van der Waals surface area contributed by atoms with Crippen LogP contribution in [0.1, 0.15) is 23.2 Å². The number of nitrogens with one attached hydrogen (secondary N) is 1. The second-order valence-corrected chi connectivity index (χ2v) is 6.21. The molecule has 136 valence electrons. The molecule has 0 radical (unpaired) electrons. The number of fused-ring (bicyclic) bond motifs is 1. The molecule has 0 aliphatic carbocycles. The SMILES string of the molecule is COCCNC(=O)N1CCC(C(=O)c2ccc3c(c2)OCCO3)CC1. The number of ether oxygens (including phenoxy) is 3. The van der Waals surface area contributed by atoms with E-state index in [1.807, 2.05) is 0 Å². The van der Waals surface area contributed by atoms with Gasteiger partial charge in [-0.15, -0.1) is 0 Å². The van der Waals surface area contributed by atoms with E-state index in [-0.39, 0.29) is 17.7 Å². The standard InChI is InChI=1S/C18H24N2O5/c1-23-9-6-19-18(22)20-7-4-13(5-8-20)17(21)14-2-3-15-16(12-14)25-11-10-24-15/h2-3,12-13H,4-11H2,1H3,(H,19,22). The molecule has 25 heavy (non-hydrogen) atoms. The first-order valence-corrected chi connectivity index (χ1v) is 8.64. The first-order chi connectivity index (χ1) is 12.2. The Labute approximate surface area is 147 Å². The molecule has 1 aromatic carbocycles. The number of urea groups is 1. The van der Waals surface area contributed by atoms with Gasteiger partial charge in [0.2, 0.25) is 0 Å². The van der Waals surface area contributed by atoms with Crippen LogP contribution in [-0.2, 0) is 4.74 Å². The average molecular weight is 348 g/mol. The summed E-state index contributed by atoms with van der Waals surface area (Å²) >= 11 is 0. The van der Waals surface area contributed by atoms with Crippen LogP contribution in [0.25, 0.3) is 0 Å². The molecule has 1 saturated heterocycles. The zero-order valence-electron chi connectivity index (χ0n) is 14.5. The van der Waals surface area contributed by atoms with Crippen molar-refractivity contribution in [3.05, 3.63) is 23.8 Å². The number of rotatable bonds is 5. The minimum Gasteiger partial charge on any atom is -0.486 e. The number of hydrogen-bond acceptors (Lipinski definition) is 5. The third kappa shape index (κ3) is 4.22. The Morgan fingerprint density at radius 2 is 1.92 bits per heavy atom. The van der Waals surface area contributed by atoms with Gasteiger partial charge in [-0.05, 0) is 31.0 Å². The second-order valence-electron chi connectivity index (χ2n) is 6.21. The number of ketones is 1. The smallest absolute Gasteiger partial charge is 0.317 e. The first kappa shape index (κ1) is 17.5. The van der Waals surface area contributed by atoms with Crippen molar-refractivity contribution < 1.29 is 23.8 Å². The highest BCUT2D eigenvalue weighted by Crippen LogP contribution is 2.32. The van der Waals surface area contributed by atoms with Crippen LogP contribution in [0.5, 0.6) is 11.5 Å². The van der Waals surface area contributed by atoms with Gasteiger partial charge < -0.3 is 24.4 Å². The molecule has 1 fully saturated rings. The predicted molar refractivity (Wildman–Crippen MR) is 91.3 cm³/mol. The monoisotopic (exact) mass is 348 g/mol. The maximum Gasteiger partial charge on any atom is 0.317 e. The molecular weight excluding hydrogens is 324 g/mol. The molecule has 2 aliphatic rings. The predicted octanol–water partition coefficient (Wildman–Crippen LogP) is 1.71. The number of carbonyl (C=O) groups excluding carboxylic acids is 2. The third-order valence-electron chi connectivity index (χ3n) is 4.56. The molecule has 2 heterocycles. The lowest BCUT2D eigenvalue weighted by molar-refractivity contribution is 0.0852. The molecule has 0 atom stereocenters. The van der Waals surface area contributed by atoms with Gasteiger partial charge in [-0.2, -0.15) is 0 Å². The van der Waals surface area contributed by atoms with Crippen molar-refractivity contribution in [3.63, 3.8) is 0 Å². The normalized spacial score (nSPS) is 17.2. The Balaban J connectivity index is 1.54. The maximum absolute atomic E-state index is 12.7. The Morgan fingerprint density at radius 1 is 1.20 bits per heavy atom. The summed E-state index contributed by atoms with van der Waals surface area (Å²) in [5, 5.41) is 2.81. The number of methoxy groups -OCH3 is 1. The zero-order valence-corrected chi connectivity index (χ0v) is 14.5. The fraction of sp³-hybridized carbons (Fsp3) is 0.556. The number of benzene rings is 1. The van der Waals surface area contributed by atoms with Crippen LogP contribution in [0.15, 0.2) is 18.2 Å². The topological polar surface area (TPSA) is 77.1 Å². The fourth-order valence-corrected chi connectivity index (χ4v) is 3.15. The lowest BCUT2D eigenvalue weighted by Gasteiger charge is -2.31. The van der Waals surface area contributed by atoms with Crippen LogP contribution >= 0.6 is 0 Å². The summed E-state index contributed by atoms with van der Waals surface area (Å²) in [7, 11) is 1.60. The molecule has 2 aliphatic heterocycles. The van der Waals surface area contributed by atoms with Gasteiger partial charge in [0.15, 0.2) is 17.3 Å². The van der Waals surface area contributed by atoms with E-state index in [1.54, 1.807) is 30.2 Å². The Morgan fingerprint density at radius 3 is 2.64 bits per heavy atom. The molecule has 0 aromatic heterocycles. The molecule has 2 amide bonds. The summed E-state index contributed by atoms with van der Waals surface area (Å²) < 4.78 is 16.0. The van der Waals surface area contributed by atoms with E-state index in [1.165, 1.54) is 0 Å². The van der Waals surface area contributed by atoms with Gasteiger partial charge in [-0.1, -0.05) is 0 Å². The van der Waals surface area contributed by atoms with E-state index in [0.29, 0.717) is 69.4 Å². The fourth-order valence-electron chi connectivity index (χ4n) is 3.15. The highest BCUT2D eigenvalue weighted by Gasteiger charge is 2.28. The highest BCUT2D eigenvalue weighted by molar-refractivity contribution is 5.98. The number of likely N-dealkylation sites (tertiary alicyclic amines) is 1. The van der Waals surface area contributed by atoms with Gasteiger partial charge >= 0.3 is 6.03 Å². The number of hydrogen-bond donors (Lipinski definition) is 1. The summed E-state index contributed by atoms with van der Waals surface area (Å²) in [5.74, 6) is 1.36. The highest BCUT2D eigenvalue weighted by atomic mass is 16.6. The van der Waals surface area contributed by atoms with Crippen molar-refractivity contribution in [1.29, 1.82) is 0 Å². The van der Waals surface area contributed by atoms with E-state index in [9.17, 15) is 9.59 Å². The number of nitrogens with zero attached hydrogens (tertiary/aromatic N) is 1. The maximum atomic E-state index is 12.7. The minimum absolute atomic E-state index is 0.0643. The number of Topliss-reactive ketones (excluding diaryl/α,β-unsaturated/α-hetero) is 1. The number of amides is 2. The number of piperidine rings is 1. The second kappa shape index (κ2) is 8.20. The molecule has 3 rings (SSSR count). The molecule has 0 spiro atoms. The summed E-state index contributed by atoms with van der Waals surface area (Å²) in [5.41, 5.74) is 0.646. The molecule has 0 bridgehead atoms. The molecule has 0 saturated carbocycles. The largest absolute Gasteiger partial charge is 0.486 e. The lowest BCUT2D eigenvalue weighted by Crippen LogP contribution is -2.46. The molecule has 7 heteroatoms. The van der Waals surface area contributed by atoms with Crippen molar-refractivity contribution in [2.45, 2.75) is 12.8 Å². The van der Waals surface area contributed by atoms with E-state index < -0.39 is 0 Å². The Hall–Kier alpha value is -2.28. The quantitative estimate of drug-likeness (QED) is 0.647. The summed E-state index contributed by atoms with van der Waals surface area (Å²) in [4.78, 5) is 26.5. The third-order valence-corrected chi connectivity index (χ3v) is 4.56. The molecular formula is C18H24N2O5. The Bertz CT molecular complexity index is 626. The van der Waals surface area contributed by atoms with Gasteiger partial charge in [0, 0.05) is 38.2 Å². The van der Waals surface area contributed by atoms with Crippen LogP contribution in [0.2, 0.25) is 0 Å².